The van der Waals surface area contributed by atoms with Crippen LogP contribution in [0.15, 0.2) is 48.6 Å². The van der Waals surface area contributed by atoms with E-state index in [1.165, 1.54) is 26.4 Å². The van der Waals surface area contributed by atoms with Crippen molar-refractivity contribution in [1.29, 1.82) is 0 Å². The fraction of sp³-hybridized carbons (Fsp3) is 0.345. The van der Waals surface area contributed by atoms with Crippen LogP contribution in [0.25, 0.3) is 12.2 Å². The molecule has 9 heteroatoms. The minimum absolute atomic E-state index is 0.273. The third kappa shape index (κ3) is 8.48. The number of carbonyl (C=O) groups excluding carboxylic acids is 3. The Kier molecular flexibility index (Phi) is 10.9. The number of benzene rings is 2. The van der Waals surface area contributed by atoms with Crippen LogP contribution in [0.5, 0.6) is 23.0 Å². The number of methoxy groups -OCH3 is 2. The first kappa shape index (κ1) is 28.5. The van der Waals surface area contributed by atoms with Crippen LogP contribution in [0.3, 0.4) is 0 Å². The average molecular weight is 523 g/mol. The summed E-state index contributed by atoms with van der Waals surface area (Å²) in [6, 6.07) is 10.2. The molecule has 0 aliphatic carbocycles. The Hall–Kier alpha value is -4.11. The quantitative estimate of drug-likeness (QED) is 0.324. The third-order valence-corrected chi connectivity index (χ3v) is 5.83. The first-order valence-electron chi connectivity index (χ1n) is 12.5. The predicted octanol–water partition coefficient (Wildman–Crippen LogP) is 4.28. The predicted molar refractivity (Wildman–Crippen MR) is 145 cm³/mol. The lowest BCUT2D eigenvalue weighted by Gasteiger charge is -2.25. The molecule has 1 aliphatic rings. The lowest BCUT2D eigenvalue weighted by atomic mass is 10.1. The monoisotopic (exact) mass is 522 g/mol. The van der Waals surface area contributed by atoms with E-state index in [0.29, 0.717) is 54.8 Å². The summed E-state index contributed by atoms with van der Waals surface area (Å²) >= 11 is 0. The van der Waals surface area contributed by atoms with Crippen molar-refractivity contribution < 1.29 is 33.3 Å². The molecule has 1 aliphatic heterocycles. The van der Waals surface area contributed by atoms with Crippen molar-refractivity contribution in [3.63, 3.8) is 0 Å². The Morgan fingerprint density at radius 3 is 1.92 bits per heavy atom. The van der Waals surface area contributed by atoms with E-state index in [-0.39, 0.29) is 18.0 Å². The van der Waals surface area contributed by atoms with Gasteiger partial charge in [-0.25, -0.2) is 4.79 Å². The maximum absolute atomic E-state index is 12.4. The summed E-state index contributed by atoms with van der Waals surface area (Å²) < 4.78 is 21.7. The molecule has 0 saturated carbocycles. The van der Waals surface area contributed by atoms with Crippen molar-refractivity contribution in [3.05, 3.63) is 59.7 Å². The molecule has 1 heterocycles. The molecule has 2 aromatic rings. The van der Waals surface area contributed by atoms with Crippen LogP contribution in [0.4, 0.5) is 4.79 Å². The van der Waals surface area contributed by atoms with E-state index in [4.69, 9.17) is 24.7 Å². The lowest BCUT2D eigenvalue weighted by molar-refractivity contribution is -0.121. The number of ketones is 2. The van der Waals surface area contributed by atoms with Gasteiger partial charge in [0.05, 0.1) is 20.6 Å². The molecule has 2 N–H and O–H groups in total. The zero-order valence-electron chi connectivity index (χ0n) is 21.8. The Bertz CT molecular complexity index is 1180. The van der Waals surface area contributed by atoms with Gasteiger partial charge in [-0.15, -0.1) is 0 Å². The van der Waals surface area contributed by atoms with Crippen LogP contribution in [0.1, 0.15) is 36.8 Å². The number of likely N-dealkylation sites (tertiary alicyclic amines) is 1. The number of piperidine rings is 1. The van der Waals surface area contributed by atoms with E-state index in [1.54, 1.807) is 53.5 Å². The highest BCUT2D eigenvalue weighted by molar-refractivity contribution is 6.10. The summed E-state index contributed by atoms with van der Waals surface area (Å²) in [6.07, 6.45) is 8.27. The van der Waals surface area contributed by atoms with Crippen LogP contribution in [0, 0.1) is 0 Å². The highest BCUT2D eigenvalue weighted by Gasteiger charge is 2.20. The smallest absolute Gasteiger partial charge is 0.415 e. The molecule has 0 spiro atoms. The minimum Gasteiger partial charge on any atom is -0.493 e. The van der Waals surface area contributed by atoms with Crippen molar-refractivity contribution in [1.82, 2.24) is 4.90 Å². The molecule has 2 aromatic carbocycles. The van der Waals surface area contributed by atoms with Crippen molar-refractivity contribution >= 4 is 29.8 Å². The summed E-state index contributed by atoms with van der Waals surface area (Å²) in [5.41, 5.74) is 6.86. The fourth-order valence-electron chi connectivity index (χ4n) is 3.85. The maximum Gasteiger partial charge on any atom is 0.415 e. The van der Waals surface area contributed by atoms with Gasteiger partial charge in [0.15, 0.2) is 34.6 Å². The normalized spacial score (nSPS) is 13.5. The van der Waals surface area contributed by atoms with E-state index in [2.05, 4.69) is 0 Å². The standard InChI is InChI=1S/C29H34N2O7/c1-35-27-18-21(8-12-25(27)37-17-14-30)6-10-23(32)20-24(33)11-7-22-9-13-26(28(19-22)36-2)38-29(34)31-15-4-3-5-16-31/h6-13,18-19H,3-5,14-17,20,30H2,1-2H3/b10-6+,11-7+. The van der Waals surface area contributed by atoms with Crippen LogP contribution in [-0.4, -0.2) is 63.0 Å². The SMILES string of the molecule is COc1cc(/C=C/C(=O)CC(=O)/C=C/c2ccc(OC(=O)N3CCCCC3)c(OC)c2)ccc1OCCN. The van der Waals surface area contributed by atoms with Crippen molar-refractivity contribution in [2.75, 3.05) is 40.5 Å². The Balaban J connectivity index is 1.55. The summed E-state index contributed by atoms with van der Waals surface area (Å²) in [6.45, 7) is 2.11. The number of hydrogen-bond acceptors (Lipinski definition) is 8. The van der Waals surface area contributed by atoms with Crippen molar-refractivity contribution in [2.24, 2.45) is 5.73 Å². The van der Waals surface area contributed by atoms with Gasteiger partial charge in [0.25, 0.3) is 0 Å². The highest BCUT2D eigenvalue weighted by atomic mass is 16.6. The zero-order valence-corrected chi connectivity index (χ0v) is 21.8. The van der Waals surface area contributed by atoms with Gasteiger partial charge in [0.2, 0.25) is 0 Å². The molecular formula is C29H34N2O7. The second kappa shape index (κ2) is 14.6. The molecule has 38 heavy (non-hydrogen) atoms. The Labute approximate surface area is 222 Å². The van der Waals surface area contributed by atoms with Gasteiger partial charge in [-0.05, 0) is 66.8 Å². The number of rotatable bonds is 12. The van der Waals surface area contributed by atoms with Gasteiger partial charge in [-0.3, -0.25) is 9.59 Å². The van der Waals surface area contributed by atoms with Gasteiger partial charge in [-0.2, -0.15) is 0 Å². The largest absolute Gasteiger partial charge is 0.493 e. The van der Waals surface area contributed by atoms with Crippen molar-refractivity contribution in [2.45, 2.75) is 25.7 Å². The lowest BCUT2D eigenvalue weighted by Crippen LogP contribution is -2.37. The molecule has 1 amide bonds. The first-order valence-corrected chi connectivity index (χ1v) is 12.5. The molecule has 3 rings (SSSR count). The molecule has 0 unspecified atom stereocenters. The van der Waals surface area contributed by atoms with Crippen LogP contribution >= 0.6 is 0 Å². The molecular weight excluding hydrogens is 488 g/mol. The number of ether oxygens (including phenoxy) is 4. The number of hydrogen-bond donors (Lipinski definition) is 1. The van der Waals surface area contributed by atoms with Crippen LogP contribution < -0.4 is 24.7 Å². The summed E-state index contributed by atoms with van der Waals surface area (Å²) in [5.74, 6) is 1.09. The minimum atomic E-state index is -0.401. The highest BCUT2D eigenvalue weighted by Crippen LogP contribution is 2.30. The average Bonchev–Trinajstić information content (AvgIpc) is 2.94. The van der Waals surface area contributed by atoms with E-state index in [1.807, 2.05) is 0 Å². The topological polar surface area (TPSA) is 117 Å². The second-order valence-electron chi connectivity index (χ2n) is 8.65. The number of carbonyl (C=O) groups is 3. The van der Waals surface area contributed by atoms with E-state index in [0.717, 1.165) is 24.8 Å². The van der Waals surface area contributed by atoms with Crippen LogP contribution in [0.2, 0.25) is 0 Å². The zero-order chi connectivity index (χ0) is 27.3. The third-order valence-electron chi connectivity index (χ3n) is 5.83. The molecule has 0 radical (unpaired) electrons. The molecule has 202 valence electrons. The molecule has 9 nitrogen and oxygen atoms in total. The molecule has 0 atom stereocenters. The van der Waals surface area contributed by atoms with Gasteiger partial charge < -0.3 is 29.6 Å². The van der Waals surface area contributed by atoms with Gasteiger partial charge in [0, 0.05) is 19.6 Å². The second-order valence-corrected chi connectivity index (χ2v) is 8.65. The Morgan fingerprint density at radius 1 is 0.816 bits per heavy atom. The van der Waals surface area contributed by atoms with E-state index in [9.17, 15) is 14.4 Å². The molecule has 0 bridgehead atoms. The van der Waals surface area contributed by atoms with E-state index < -0.39 is 6.09 Å². The first-order chi connectivity index (χ1) is 18.4. The number of amides is 1. The van der Waals surface area contributed by atoms with E-state index >= 15 is 0 Å². The fourth-order valence-corrected chi connectivity index (χ4v) is 3.85. The Morgan fingerprint density at radius 2 is 1.37 bits per heavy atom. The number of allylic oxidation sites excluding steroid dienone is 2. The van der Waals surface area contributed by atoms with Crippen LogP contribution in [-0.2, 0) is 9.59 Å². The molecule has 1 fully saturated rings. The number of nitrogens with zero attached hydrogens (tertiary/aromatic N) is 1. The summed E-state index contributed by atoms with van der Waals surface area (Å²) in [5, 5.41) is 0. The van der Waals surface area contributed by atoms with Gasteiger partial charge in [0.1, 0.15) is 6.61 Å². The summed E-state index contributed by atoms with van der Waals surface area (Å²) in [4.78, 5) is 38.7. The number of nitrogens with two attached hydrogens (primary N) is 1. The summed E-state index contributed by atoms with van der Waals surface area (Å²) in [7, 11) is 3.01. The molecule has 0 aromatic heterocycles. The maximum atomic E-state index is 12.4. The van der Waals surface area contributed by atoms with Crippen molar-refractivity contribution in [3.8, 4) is 23.0 Å². The van der Waals surface area contributed by atoms with Gasteiger partial charge in [-0.1, -0.05) is 24.3 Å². The molecule has 1 saturated heterocycles. The van der Waals surface area contributed by atoms with Gasteiger partial charge >= 0.3 is 6.09 Å².